The highest BCUT2D eigenvalue weighted by atomic mass is 35.5. The Morgan fingerprint density at radius 2 is 2.15 bits per heavy atom. The number of nitrogens with zero attached hydrogens (tertiary/aromatic N) is 1. The molecular weight excluding hydrogens is 274 g/mol. The second-order valence-electron chi connectivity index (χ2n) is 5.45. The van der Waals surface area contributed by atoms with E-state index in [4.69, 9.17) is 5.73 Å². The van der Waals surface area contributed by atoms with Gasteiger partial charge in [-0.15, -0.1) is 12.4 Å². The maximum absolute atomic E-state index is 12.3. The van der Waals surface area contributed by atoms with Gasteiger partial charge in [0.2, 0.25) is 0 Å². The fourth-order valence-corrected chi connectivity index (χ4v) is 2.69. The topological polar surface area (TPSA) is 58.4 Å². The zero-order valence-electron chi connectivity index (χ0n) is 12.1. The number of amides is 1. The van der Waals surface area contributed by atoms with Crippen LogP contribution in [0.3, 0.4) is 0 Å². The van der Waals surface area contributed by atoms with Crippen LogP contribution in [0.1, 0.15) is 29.6 Å². The summed E-state index contributed by atoms with van der Waals surface area (Å²) in [5.41, 5.74) is 7.50. The molecule has 1 aromatic carbocycles. The zero-order chi connectivity index (χ0) is 13.8. The van der Waals surface area contributed by atoms with Crippen LogP contribution in [-0.4, -0.2) is 32.6 Å². The summed E-state index contributed by atoms with van der Waals surface area (Å²) in [6.45, 7) is 0.655. The molecule has 2 atom stereocenters. The predicted octanol–water partition coefficient (Wildman–Crippen LogP) is 2.03. The van der Waals surface area contributed by atoms with Gasteiger partial charge in [0.25, 0.3) is 5.91 Å². The molecule has 0 radical (unpaired) electrons. The molecule has 1 amide bonds. The van der Waals surface area contributed by atoms with Gasteiger partial charge in [-0.1, -0.05) is 12.5 Å². The van der Waals surface area contributed by atoms with Crippen LogP contribution in [0.5, 0.6) is 0 Å². The van der Waals surface area contributed by atoms with Crippen LogP contribution >= 0.6 is 12.4 Å². The summed E-state index contributed by atoms with van der Waals surface area (Å²) in [6.07, 6.45) is 3.32. The number of hydrogen-bond acceptors (Lipinski definition) is 3. The van der Waals surface area contributed by atoms with Gasteiger partial charge in [0.15, 0.2) is 0 Å². The highest BCUT2D eigenvalue weighted by Gasteiger charge is 2.27. The Morgan fingerprint density at radius 3 is 2.80 bits per heavy atom. The largest absolute Gasteiger partial charge is 0.378 e. The van der Waals surface area contributed by atoms with E-state index >= 15 is 0 Å². The first-order chi connectivity index (χ1) is 9.11. The summed E-state index contributed by atoms with van der Waals surface area (Å²) in [6, 6.07) is 7.92. The molecular formula is C15H24ClN3O. The molecule has 1 fully saturated rings. The summed E-state index contributed by atoms with van der Waals surface area (Å²) in [5, 5.41) is 3.12. The van der Waals surface area contributed by atoms with Gasteiger partial charge in [-0.05, 0) is 43.5 Å². The van der Waals surface area contributed by atoms with Gasteiger partial charge in [-0.2, -0.15) is 0 Å². The van der Waals surface area contributed by atoms with Crippen molar-refractivity contribution in [1.82, 2.24) is 5.32 Å². The number of anilines is 1. The van der Waals surface area contributed by atoms with E-state index in [2.05, 4.69) is 5.32 Å². The van der Waals surface area contributed by atoms with E-state index in [0.29, 0.717) is 18.0 Å². The smallest absolute Gasteiger partial charge is 0.251 e. The number of carbonyl (C=O) groups excluding carboxylic acids is 1. The van der Waals surface area contributed by atoms with E-state index in [1.165, 1.54) is 0 Å². The van der Waals surface area contributed by atoms with Crippen molar-refractivity contribution < 1.29 is 4.79 Å². The molecule has 0 bridgehead atoms. The van der Waals surface area contributed by atoms with Gasteiger partial charge >= 0.3 is 0 Å². The van der Waals surface area contributed by atoms with E-state index in [1.54, 1.807) is 0 Å². The number of benzene rings is 1. The summed E-state index contributed by atoms with van der Waals surface area (Å²) in [5.74, 6) is 0.440. The third-order valence-corrected chi connectivity index (χ3v) is 3.90. The molecule has 1 aliphatic rings. The lowest BCUT2D eigenvalue weighted by atomic mass is 10.0. The fraction of sp³-hybridized carbons (Fsp3) is 0.533. The molecule has 0 heterocycles. The number of carbonyl (C=O) groups is 1. The molecule has 3 N–H and O–H groups in total. The van der Waals surface area contributed by atoms with Crippen molar-refractivity contribution in [3.63, 3.8) is 0 Å². The molecule has 20 heavy (non-hydrogen) atoms. The van der Waals surface area contributed by atoms with Crippen molar-refractivity contribution in [2.45, 2.75) is 25.3 Å². The Bertz CT molecular complexity index is 450. The van der Waals surface area contributed by atoms with E-state index in [-0.39, 0.29) is 24.4 Å². The number of nitrogens with two attached hydrogens (primary N) is 1. The predicted molar refractivity (Wildman–Crippen MR) is 85.7 cm³/mol. The zero-order valence-corrected chi connectivity index (χ0v) is 13.0. The highest BCUT2D eigenvalue weighted by Crippen LogP contribution is 2.25. The monoisotopic (exact) mass is 297 g/mol. The van der Waals surface area contributed by atoms with E-state index in [1.807, 2.05) is 43.3 Å². The van der Waals surface area contributed by atoms with Crippen molar-refractivity contribution in [3.05, 3.63) is 29.8 Å². The van der Waals surface area contributed by atoms with E-state index in [0.717, 1.165) is 24.9 Å². The van der Waals surface area contributed by atoms with Gasteiger partial charge < -0.3 is 16.0 Å². The Hall–Kier alpha value is -1.26. The van der Waals surface area contributed by atoms with Gasteiger partial charge in [-0.25, -0.2) is 0 Å². The minimum atomic E-state index is 0. The minimum Gasteiger partial charge on any atom is -0.378 e. The average Bonchev–Trinajstić information content (AvgIpc) is 2.86. The van der Waals surface area contributed by atoms with Crippen LogP contribution in [-0.2, 0) is 0 Å². The summed E-state index contributed by atoms with van der Waals surface area (Å²) >= 11 is 0. The van der Waals surface area contributed by atoms with Gasteiger partial charge in [-0.3, -0.25) is 4.79 Å². The second kappa shape index (κ2) is 7.50. The minimum absolute atomic E-state index is 0. The Balaban J connectivity index is 0.00000200. The van der Waals surface area contributed by atoms with Crippen LogP contribution in [0.25, 0.3) is 0 Å². The van der Waals surface area contributed by atoms with Crippen molar-refractivity contribution >= 4 is 24.0 Å². The van der Waals surface area contributed by atoms with Crippen LogP contribution in [0.4, 0.5) is 5.69 Å². The molecule has 1 aliphatic carbocycles. The molecule has 112 valence electrons. The molecule has 0 aromatic heterocycles. The first-order valence-electron chi connectivity index (χ1n) is 6.90. The summed E-state index contributed by atoms with van der Waals surface area (Å²) in [4.78, 5) is 14.3. The highest BCUT2D eigenvalue weighted by molar-refractivity contribution is 5.95. The average molecular weight is 298 g/mol. The van der Waals surface area contributed by atoms with Crippen LogP contribution in [0.2, 0.25) is 0 Å². The van der Waals surface area contributed by atoms with E-state index in [9.17, 15) is 4.79 Å². The van der Waals surface area contributed by atoms with Gasteiger partial charge in [0.05, 0.1) is 0 Å². The standard InChI is InChI=1S/C15H23N3O.ClH/c1-18(2)13-7-3-5-11(9-13)15(19)17-14-8-4-6-12(14)10-16;/h3,5,7,9,12,14H,4,6,8,10,16H2,1-2H3,(H,17,19);1H. The molecule has 1 saturated carbocycles. The molecule has 2 rings (SSSR count). The number of nitrogens with one attached hydrogen (secondary N) is 1. The third kappa shape index (κ3) is 3.87. The SMILES string of the molecule is CN(C)c1cccc(C(=O)NC2CCCC2CN)c1.Cl. The van der Waals surface area contributed by atoms with Gasteiger partial charge in [0.1, 0.15) is 0 Å². The molecule has 0 saturated heterocycles. The normalized spacial score (nSPS) is 21.1. The van der Waals surface area contributed by atoms with E-state index < -0.39 is 0 Å². The maximum atomic E-state index is 12.3. The second-order valence-corrected chi connectivity index (χ2v) is 5.45. The maximum Gasteiger partial charge on any atom is 0.251 e. The van der Waals surface area contributed by atoms with Crippen LogP contribution < -0.4 is 16.0 Å². The lowest BCUT2D eigenvalue weighted by Gasteiger charge is -2.20. The third-order valence-electron chi connectivity index (χ3n) is 3.90. The number of rotatable bonds is 4. The van der Waals surface area contributed by atoms with Crippen LogP contribution in [0, 0.1) is 5.92 Å². The molecule has 4 nitrogen and oxygen atoms in total. The molecule has 5 heteroatoms. The van der Waals surface area contributed by atoms with Crippen LogP contribution in [0.15, 0.2) is 24.3 Å². The van der Waals surface area contributed by atoms with Crippen molar-refractivity contribution in [3.8, 4) is 0 Å². The molecule has 1 aromatic rings. The lowest BCUT2D eigenvalue weighted by Crippen LogP contribution is -2.39. The Morgan fingerprint density at radius 1 is 1.40 bits per heavy atom. The number of hydrogen-bond donors (Lipinski definition) is 2. The molecule has 0 spiro atoms. The lowest BCUT2D eigenvalue weighted by molar-refractivity contribution is 0.0929. The quantitative estimate of drug-likeness (QED) is 0.894. The molecule has 2 unspecified atom stereocenters. The van der Waals surface area contributed by atoms with Crippen molar-refractivity contribution in [1.29, 1.82) is 0 Å². The van der Waals surface area contributed by atoms with Crippen molar-refractivity contribution in [2.24, 2.45) is 11.7 Å². The summed E-state index contributed by atoms with van der Waals surface area (Å²) < 4.78 is 0. The van der Waals surface area contributed by atoms with Gasteiger partial charge in [0, 0.05) is 31.4 Å². The van der Waals surface area contributed by atoms with Crippen molar-refractivity contribution in [2.75, 3.05) is 25.5 Å². The first-order valence-corrected chi connectivity index (χ1v) is 6.90. The number of halogens is 1. The first kappa shape index (κ1) is 16.8. The summed E-state index contributed by atoms with van der Waals surface area (Å²) in [7, 11) is 3.94. The molecule has 0 aliphatic heterocycles. The fourth-order valence-electron chi connectivity index (χ4n) is 2.69. The Kier molecular flexibility index (Phi) is 6.30. The Labute approximate surface area is 127 Å².